The summed E-state index contributed by atoms with van der Waals surface area (Å²) in [4.78, 5) is 11.5. The molecule has 0 N–H and O–H groups in total. The molecule has 1 heterocycles. The predicted molar refractivity (Wildman–Crippen MR) is 83.1 cm³/mol. The number of esters is 1. The lowest BCUT2D eigenvalue weighted by atomic mass is 9.81. The molecule has 1 saturated carbocycles. The first kappa shape index (κ1) is 15.8. The Labute approximate surface area is 123 Å². The Bertz CT molecular complexity index is 394. The standard InChI is InChI=1S/C16H28O3Si/c1-12-11-16(18-14(12)17)9-7-13(8-10-16)19-20(5,6)15(2,3)4/h13H,1,7-11H2,2-6H3/q-1. The number of hydrogen-bond donors (Lipinski definition) is 0. The van der Waals surface area contributed by atoms with Gasteiger partial charge in [0.25, 0.3) is 0 Å². The Morgan fingerprint density at radius 3 is 2.25 bits per heavy atom. The minimum Gasteiger partial charge on any atom is -0.562 e. The normalized spacial score (nSPS) is 31.8. The molecule has 2 aliphatic rings. The van der Waals surface area contributed by atoms with Crippen LogP contribution in [0.25, 0.3) is 0 Å². The van der Waals surface area contributed by atoms with E-state index in [2.05, 4.69) is 40.4 Å². The molecule has 2 rings (SSSR count). The molecular formula is C16H28O3Si-. The number of hydrogen-bond acceptors (Lipinski definition) is 3. The molecule has 0 aromatic carbocycles. The van der Waals surface area contributed by atoms with Crippen molar-refractivity contribution in [1.29, 1.82) is 0 Å². The molecule has 0 aromatic heterocycles. The van der Waals surface area contributed by atoms with Crippen LogP contribution < -0.4 is 0 Å². The van der Waals surface area contributed by atoms with Gasteiger partial charge in [-0.2, -0.15) is 0 Å². The van der Waals surface area contributed by atoms with Gasteiger partial charge in [0, 0.05) is 18.1 Å². The van der Waals surface area contributed by atoms with Crippen LogP contribution in [0.15, 0.2) is 12.2 Å². The second-order valence-corrected chi connectivity index (χ2v) is 12.7. The van der Waals surface area contributed by atoms with Crippen LogP contribution in [0.4, 0.5) is 0 Å². The number of rotatable bonds is 2. The van der Waals surface area contributed by atoms with E-state index in [1.54, 1.807) is 0 Å². The van der Waals surface area contributed by atoms with Crippen LogP contribution in [0.3, 0.4) is 0 Å². The summed E-state index contributed by atoms with van der Waals surface area (Å²) in [7, 11) is -1.70. The Balaban J connectivity index is 1.93. The van der Waals surface area contributed by atoms with Gasteiger partial charge in [0.1, 0.15) is 5.60 Å². The summed E-state index contributed by atoms with van der Waals surface area (Å²) < 4.78 is 12.0. The molecule has 1 aliphatic carbocycles. The lowest BCUT2D eigenvalue weighted by molar-refractivity contribution is -0.150. The van der Waals surface area contributed by atoms with Gasteiger partial charge in [-0.3, -0.25) is 0 Å². The van der Waals surface area contributed by atoms with Gasteiger partial charge in [-0.25, -0.2) is 4.79 Å². The molecular weight excluding hydrogens is 268 g/mol. The Morgan fingerprint density at radius 1 is 1.30 bits per heavy atom. The smallest absolute Gasteiger partial charge is 0.334 e. The van der Waals surface area contributed by atoms with E-state index < -0.39 is 8.32 Å². The van der Waals surface area contributed by atoms with Gasteiger partial charge < -0.3 is 9.16 Å². The third-order valence-electron chi connectivity index (χ3n) is 5.24. The lowest BCUT2D eigenvalue weighted by Gasteiger charge is -2.52. The first-order chi connectivity index (χ1) is 9.05. The average Bonchev–Trinajstić information content (AvgIpc) is 2.56. The highest BCUT2D eigenvalue weighted by atomic mass is 28.4. The van der Waals surface area contributed by atoms with Crippen molar-refractivity contribution in [2.45, 2.75) is 82.7 Å². The van der Waals surface area contributed by atoms with Crippen LogP contribution in [0, 0.1) is 0 Å². The van der Waals surface area contributed by atoms with Gasteiger partial charge in [-0.15, -0.1) is 18.1 Å². The van der Waals surface area contributed by atoms with E-state index in [1.165, 1.54) is 0 Å². The third-order valence-corrected chi connectivity index (χ3v) is 9.78. The summed E-state index contributed by atoms with van der Waals surface area (Å²) in [5.74, 6) is -0.200. The van der Waals surface area contributed by atoms with Gasteiger partial charge in [-0.05, 0) is 34.0 Å². The van der Waals surface area contributed by atoms with Crippen molar-refractivity contribution in [3.8, 4) is 0 Å². The maximum atomic E-state index is 11.5. The van der Waals surface area contributed by atoms with E-state index in [1.807, 2.05) is 0 Å². The third kappa shape index (κ3) is 3.01. The van der Waals surface area contributed by atoms with Crippen molar-refractivity contribution in [2.75, 3.05) is 0 Å². The van der Waals surface area contributed by atoms with Crippen LogP contribution in [0.2, 0.25) is 18.1 Å². The first-order valence-electron chi connectivity index (χ1n) is 7.64. The second-order valence-electron chi connectivity index (χ2n) is 7.93. The SMILES string of the molecule is C=C1CC2(CCC(O[Si-](C)(C)C(C)(C)C)CC2)OC1=O. The van der Waals surface area contributed by atoms with Gasteiger partial charge in [0.05, 0.1) is 0 Å². The van der Waals surface area contributed by atoms with Gasteiger partial charge in [0.2, 0.25) is 0 Å². The highest BCUT2D eigenvalue weighted by molar-refractivity contribution is 6.74. The number of ether oxygens (including phenoxy) is 1. The summed E-state index contributed by atoms with van der Waals surface area (Å²) in [6, 6.07) is 0. The zero-order valence-corrected chi connectivity index (χ0v) is 14.5. The molecule has 0 amide bonds. The van der Waals surface area contributed by atoms with Gasteiger partial charge >= 0.3 is 5.97 Å². The van der Waals surface area contributed by atoms with Crippen molar-refractivity contribution >= 4 is 14.3 Å². The summed E-state index contributed by atoms with van der Waals surface area (Å²) >= 11 is 0. The molecule has 0 atom stereocenters. The molecule has 0 unspecified atom stereocenters. The summed E-state index contributed by atoms with van der Waals surface area (Å²) in [5, 5.41) is 0.246. The largest absolute Gasteiger partial charge is 0.562 e. The highest BCUT2D eigenvalue weighted by Gasteiger charge is 2.45. The van der Waals surface area contributed by atoms with E-state index in [0.717, 1.165) is 25.7 Å². The zero-order chi connectivity index (χ0) is 15.2. The van der Waals surface area contributed by atoms with E-state index in [0.29, 0.717) is 18.1 Å². The molecule has 1 spiro atoms. The fraction of sp³-hybridized carbons (Fsp3) is 0.812. The Hall–Kier alpha value is -0.613. The number of carbonyl (C=O) groups is 1. The zero-order valence-electron chi connectivity index (χ0n) is 13.5. The van der Waals surface area contributed by atoms with E-state index >= 15 is 0 Å². The van der Waals surface area contributed by atoms with Crippen molar-refractivity contribution in [2.24, 2.45) is 0 Å². The summed E-state index contributed by atoms with van der Waals surface area (Å²) in [5.41, 5.74) is 0.371. The maximum absolute atomic E-state index is 11.5. The van der Waals surface area contributed by atoms with Crippen molar-refractivity contribution < 1.29 is 14.0 Å². The molecule has 0 radical (unpaired) electrons. The van der Waals surface area contributed by atoms with Gasteiger partial charge in [-0.1, -0.05) is 27.4 Å². The topological polar surface area (TPSA) is 35.5 Å². The van der Waals surface area contributed by atoms with Crippen molar-refractivity contribution in [3.05, 3.63) is 12.2 Å². The summed E-state index contributed by atoms with van der Waals surface area (Å²) in [6.07, 6.45) is 4.85. The highest BCUT2D eigenvalue weighted by Crippen LogP contribution is 2.44. The van der Waals surface area contributed by atoms with Crippen LogP contribution in [-0.4, -0.2) is 26.0 Å². The second kappa shape index (κ2) is 4.99. The first-order valence-corrected chi connectivity index (χ1v) is 10.5. The maximum Gasteiger partial charge on any atom is 0.334 e. The monoisotopic (exact) mass is 296 g/mol. The van der Waals surface area contributed by atoms with E-state index in [4.69, 9.17) is 9.16 Å². The molecule has 115 valence electrons. The minimum absolute atomic E-state index is 0.200. The van der Waals surface area contributed by atoms with Crippen LogP contribution >= 0.6 is 0 Å². The molecule has 0 aromatic rings. The van der Waals surface area contributed by atoms with Crippen LogP contribution in [-0.2, 0) is 14.0 Å². The van der Waals surface area contributed by atoms with Crippen LogP contribution in [0.5, 0.6) is 0 Å². The number of carbonyl (C=O) groups excluding carboxylic acids is 1. The molecule has 1 saturated heterocycles. The minimum atomic E-state index is -1.70. The summed E-state index contributed by atoms with van der Waals surface area (Å²) in [6.45, 7) is 15.2. The fourth-order valence-corrected chi connectivity index (χ4v) is 4.30. The van der Waals surface area contributed by atoms with E-state index in [9.17, 15) is 4.79 Å². The molecule has 0 bridgehead atoms. The molecule has 1 aliphatic heterocycles. The fourth-order valence-electron chi connectivity index (χ4n) is 2.87. The molecule has 3 nitrogen and oxygen atoms in total. The Morgan fingerprint density at radius 2 is 1.85 bits per heavy atom. The quantitative estimate of drug-likeness (QED) is 0.435. The van der Waals surface area contributed by atoms with Crippen molar-refractivity contribution in [3.63, 3.8) is 0 Å². The van der Waals surface area contributed by atoms with Gasteiger partial charge in [0.15, 0.2) is 0 Å². The Kier molecular flexibility index (Phi) is 3.93. The predicted octanol–water partition coefficient (Wildman–Crippen LogP) is 4.19. The van der Waals surface area contributed by atoms with Crippen LogP contribution in [0.1, 0.15) is 52.9 Å². The molecule has 20 heavy (non-hydrogen) atoms. The lowest BCUT2D eigenvalue weighted by Crippen LogP contribution is -2.46. The van der Waals surface area contributed by atoms with Crippen molar-refractivity contribution in [1.82, 2.24) is 0 Å². The average molecular weight is 296 g/mol. The van der Waals surface area contributed by atoms with E-state index in [-0.39, 0.29) is 16.6 Å². The molecule has 4 heteroatoms. The molecule has 2 fully saturated rings.